The molecule has 2 rings (SSSR count). The Morgan fingerprint density at radius 3 is 2.95 bits per heavy atom. The van der Waals surface area contributed by atoms with E-state index in [4.69, 9.17) is 4.74 Å². The Labute approximate surface area is 131 Å². The fourth-order valence-corrected chi connectivity index (χ4v) is 2.13. The molecule has 1 heterocycles. The maximum absolute atomic E-state index is 12.0. The molecule has 22 heavy (non-hydrogen) atoms. The van der Waals surface area contributed by atoms with Crippen LogP contribution in [-0.2, 0) is 11.3 Å². The smallest absolute Gasteiger partial charge is 0.260 e. The van der Waals surface area contributed by atoms with Crippen LogP contribution in [0.1, 0.15) is 24.5 Å². The third kappa shape index (κ3) is 4.35. The number of amides is 1. The molecule has 1 atom stereocenters. The first-order valence-electron chi connectivity index (χ1n) is 7.54. The van der Waals surface area contributed by atoms with Gasteiger partial charge >= 0.3 is 0 Å². The highest BCUT2D eigenvalue weighted by Crippen LogP contribution is 2.21. The second-order valence-electron chi connectivity index (χ2n) is 5.40. The van der Waals surface area contributed by atoms with Crippen LogP contribution >= 0.6 is 0 Å². The monoisotopic (exact) mass is 301 g/mol. The van der Waals surface area contributed by atoms with E-state index in [1.54, 1.807) is 19.4 Å². The lowest BCUT2D eigenvalue weighted by atomic mass is 10.1. The minimum Gasteiger partial charge on any atom is -0.481 e. The van der Waals surface area contributed by atoms with Gasteiger partial charge in [-0.3, -0.25) is 4.79 Å². The number of benzene rings is 1. The number of carbonyl (C=O) groups is 1. The van der Waals surface area contributed by atoms with Crippen molar-refractivity contribution in [3.05, 3.63) is 48.0 Å². The molecule has 0 spiro atoms. The molecule has 0 aliphatic heterocycles. The van der Waals surface area contributed by atoms with Crippen molar-refractivity contribution in [3.8, 4) is 5.75 Å². The molecule has 0 fully saturated rings. The highest BCUT2D eigenvalue weighted by molar-refractivity contribution is 5.80. The Hall–Kier alpha value is -2.30. The van der Waals surface area contributed by atoms with E-state index in [1.807, 2.05) is 42.8 Å². The number of aromatic nitrogens is 2. The molecular formula is C17H23N3O2. The van der Waals surface area contributed by atoms with Crippen molar-refractivity contribution in [2.75, 3.05) is 6.54 Å². The van der Waals surface area contributed by atoms with Crippen molar-refractivity contribution >= 4 is 5.91 Å². The van der Waals surface area contributed by atoms with Crippen molar-refractivity contribution in [2.45, 2.75) is 39.8 Å². The number of carbonyl (C=O) groups excluding carboxylic acids is 1. The summed E-state index contributed by atoms with van der Waals surface area (Å²) < 4.78 is 7.75. The molecule has 0 aliphatic carbocycles. The van der Waals surface area contributed by atoms with Crippen molar-refractivity contribution in [3.63, 3.8) is 0 Å². The molecular weight excluding hydrogens is 278 g/mol. The molecule has 0 unspecified atom stereocenters. The van der Waals surface area contributed by atoms with Gasteiger partial charge in [-0.25, -0.2) is 4.98 Å². The summed E-state index contributed by atoms with van der Waals surface area (Å²) in [5.74, 6) is 0.674. The summed E-state index contributed by atoms with van der Waals surface area (Å²) >= 11 is 0. The maximum Gasteiger partial charge on any atom is 0.260 e. The van der Waals surface area contributed by atoms with Crippen molar-refractivity contribution in [2.24, 2.45) is 0 Å². The first kappa shape index (κ1) is 16.1. The van der Waals surface area contributed by atoms with E-state index in [1.165, 1.54) is 0 Å². The van der Waals surface area contributed by atoms with Crippen LogP contribution in [0.3, 0.4) is 0 Å². The van der Waals surface area contributed by atoms with Gasteiger partial charge in [0.1, 0.15) is 5.75 Å². The fraction of sp³-hybridized carbons (Fsp3) is 0.412. The lowest BCUT2D eigenvalue weighted by molar-refractivity contribution is -0.127. The standard InChI is InChI=1S/C17H23N3O2/c1-13-6-4-7-16(14(13)2)22-15(3)17(21)19-8-5-10-20-11-9-18-12-20/h4,6-7,9,11-12,15H,5,8,10H2,1-3H3,(H,19,21)/t15-/m1/s1. The summed E-state index contributed by atoms with van der Waals surface area (Å²) in [5, 5.41) is 2.90. The van der Waals surface area contributed by atoms with E-state index < -0.39 is 6.10 Å². The Balaban J connectivity index is 1.76. The average molecular weight is 301 g/mol. The van der Waals surface area contributed by atoms with Gasteiger partial charge < -0.3 is 14.6 Å². The van der Waals surface area contributed by atoms with E-state index in [9.17, 15) is 4.79 Å². The van der Waals surface area contributed by atoms with Gasteiger partial charge in [0, 0.05) is 25.5 Å². The molecule has 5 nitrogen and oxygen atoms in total. The summed E-state index contributed by atoms with van der Waals surface area (Å²) in [6, 6.07) is 5.86. The third-order valence-corrected chi connectivity index (χ3v) is 3.68. The summed E-state index contributed by atoms with van der Waals surface area (Å²) in [7, 11) is 0. The quantitative estimate of drug-likeness (QED) is 0.799. The molecule has 0 saturated heterocycles. The van der Waals surface area contributed by atoms with Crippen LogP contribution in [0.4, 0.5) is 0 Å². The lowest BCUT2D eigenvalue weighted by Gasteiger charge is -2.17. The van der Waals surface area contributed by atoms with Gasteiger partial charge in [0.15, 0.2) is 6.10 Å². The lowest BCUT2D eigenvalue weighted by Crippen LogP contribution is -2.37. The van der Waals surface area contributed by atoms with Gasteiger partial charge in [0.2, 0.25) is 0 Å². The molecule has 0 bridgehead atoms. The predicted molar refractivity (Wildman–Crippen MR) is 85.9 cm³/mol. The number of nitrogens with zero attached hydrogens (tertiary/aromatic N) is 2. The number of rotatable bonds is 7. The Morgan fingerprint density at radius 1 is 1.41 bits per heavy atom. The third-order valence-electron chi connectivity index (χ3n) is 3.68. The molecule has 1 aromatic heterocycles. The molecule has 118 valence electrons. The highest BCUT2D eigenvalue weighted by Gasteiger charge is 2.15. The van der Waals surface area contributed by atoms with Gasteiger partial charge in [0.05, 0.1) is 6.33 Å². The molecule has 1 N–H and O–H groups in total. The SMILES string of the molecule is Cc1cccc(O[C@H](C)C(=O)NCCCn2ccnc2)c1C. The van der Waals surface area contributed by atoms with E-state index in [0.717, 1.165) is 29.8 Å². The molecule has 0 saturated carbocycles. The van der Waals surface area contributed by atoms with Crippen LogP contribution in [-0.4, -0.2) is 28.1 Å². The van der Waals surface area contributed by atoms with Crippen LogP contribution in [0, 0.1) is 13.8 Å². The normalized spacial score (nSPS) is 12.0. The van der Waals surface area contributed by atoms with Crippen molar-refractivity contribution < 1.29 is 9.53 Å². The summed E-state index contributed by atoms with van der Waals surface area (Å²) in [6.07, 6.45) is 5.78. The maximum atomic E-state index is 12.0. The summed E-state index contributed by atoms with van der Waals surface area (Å²) in [6.45, 7) is 7.26. The van der Waals surface area contributed by atoms with Crippen LogP contribution in [0.25, 0.3) is 0 Å². The number of aryl methyl sites for hydroxylation is 2. The number of hydrogen-bond donors (Lipinski definition) is 1. The minimum atomic E-state index is -0.506. The van der Waals surface area contributed by atoms with Crippen LogP contribution < -0.4 is 10.1 Å². The summed E-state index contributed by atoms with van der Waals surface area (Å²) in [4.78, 5) is 16.0. The van der Waals surface area contributed by atoms with Gasteiger partial charge in [-0.2, -0.15) is 0 Å². The molecule has 2 aromatic rings. The molecule has 5 heteroatoms. The first-order chi connectivity index (χ1) is 10.6. The van der Waals surface area contributed by atoms with Gasteiger partial charge in [0.25, 0.3) is 5.91 Å². The van der Waals surface area contributed by atoms with Crippen molar-refractivity contribution in [1.82, 2.24) is 14.9 Å². The Morgan fingerprint density at radius 2 is 2.23 bits per heavy atom. The summed E-state index contributed by atoms with van der Waals surface area (Å²) in [5.41, 5.74) is 2.23. The minimum absolute atomic E-state index is 0.0912. The average Bonchev–Trinajstić information content (AvgIpc) is 3.01. The second kappa shape index (κ2) is 7.64. The predicted octanol–water partition coefficient (Wildman–Crippen LogP) is 2.47. The van der Waals surface area contributed by atoms with Crippen LogP contribution in [0.2, 0.25) is 0 Å². The number of ether oxygens (including phenoxy) is 1. The molecule has 0 aliphatic rings. The number of imidazole rings is 1. The van der Waals surface area contributed by atoms with E-state index in [0.29, 0.717) is 6.54 Å². The molecule has 1 aromatic carbocycles. The zero-order valence-electron chi connectivity index (χ0n) is 13.4. The van der Waals surface area contributed by atoms with E-state index in [-0.39, 0.29) is 5.91 Å². The molecule has 1 amide bonds. The largest absolute Gasteiger partial charge is 0.481 e. The van der Waals surface area contributed by atoms with E-state index in [2.05, 4.69) is 10.3 Å². The Bertz CT molecular complexity index is 608. The van der Waals surface area contributed by atoms with Gasteiger partial charge in [-0.1, -0.05) is 12.1 Å². The number of nitrogens with one attached hydrogen (secondary N) is 1. The van der Waals surface area contributed by atoms with Crippen LogP contribution in [0.15, 0.2) is 36.9 Å². The first-order valence-corrected chi connectivity index (χ1v) is 7.54. The zero-order valence-corrected chi connectivity index (χ0v) is 13.4. The topological polar surface area (TPSA) is 56.1 Å². The highest BCUT2D eigenvalue weighted by atomic mass is 16.5. The van der Waals surface area contributed by atoms with E-state index >= 15 is 0 Å². The van der Waals surface area contributed by atoms with Gasteiger partial charge in [-0.05, 0) is 44.4 Å². The molecule has 0 radical (unpaired) electrons. The fourth-order valence-electron chi connectivity index (χ4n) is 2.13. The second-order valence-corrected chi connectivity index (χ2v) is 5.40. The zero-order chi connectivity index (χ0) is 15.9. The Kier molecular flexibility index (Phi) is 5.58. The van der Waals surface area contributed by atoms with Crippen LogP contribution in [0.5, 0.6) is 5.75 Å². The van der Waals surface area contributed by atoms with Gasteiger partial charge in [-0.15, -0.1) is 0 Å². The number of hydrogen-bond acceptors (Lipinski definition) is 3. The van der Waals surface area contributed by atoms with Crippen molar-refractivity contribution in [1.29, 1.82) is 0 Å².